The third-order valence-electron chi connectivity index (χ3n) is 4.08. The second-order valence-electron chi connectivity index (χ2n) is 5.13. The monoisotopic (exact) mass is 223 g/mol. The van der Waals surface area contributed by atoms with Crippen LogP contribution >= 0.6 is 0 Å². The minimum atomic E-state index is 1.07. The smallest absolute Gasteiger partial charge is 0.0375 e. The van der Waals surface area contributed by atoms with Crippen LogP contribution in [0.15, 0.2) is 18.3 Å². The number of hydrogen-bond acceptors (Lipinski definition) is 1. The Morgan fingerprint density at radius 1 is 0.941 bits per heavy atom. The molecule has 1 heteroatoms. The Balaban J connectivity index is 2.30. The van der Waals surface area contributed by atoms with Crippen molar-refractivity contribution in [1.82, 2.24) is 4.98 Å². The first-order valence-electron chi connectivity index (χ1n) is 6.13. The first kappa shape index (κ1) is 10.5. The van der Waals surface area contributed by atoms with E-state index in [-0.39, 0.29) is 0 Å². The maximum atomic E-state index is 4.43. The van der Waals surface area contributed by atoms with Gasteiger partial charge in [0.25, 0.3) is 0 Å². The van der Waals surface area contributed by atoms with E-state index in [1.807, 2.05) is 6.20 Å². The van der Waals surface area contributed by atoms with Crippen molar-refractivity contribution in [2.75, 3.05) is 0 Å². The summed E-state index contributed by atoms with van der Waals surface area (Å²) in [5, 5.41) is 0. The molecular formula is C16H17N. The predicted molar refractivity (Wildman–Crippen MR) is 71.4 cm³/mol. The van der Waals surface area contributed by atoms with E-state index < -0.39 is 0 Å². The Bertz CT molecular complexity index is 624. The maximum absolute atomic E-state index is 4.43. The van der Waals surface area contributed by atoms with Crippen molar-refractivity contribution in [3.8, 4) is 11.1 Å². The molecule has 1 heterocycles. The van der Waals surface area contributed by atoms with Crippen LogP contribution in [0.1, 0.15) is 33.5 Å². The molecule has 3 rings (SSSR count). The molecule has 1 nitrogen and oxygen atoms in total. The zero-order valence-electron chi connectivity index (χ0n) is 10.9. The van der Waals surface area contributed by atoms with Gasteiger partial charge < -0.3 is 0 Å². The largest absolute Gasteiger partial charge is 0.261 e. The minimum absolute atomic E-state index is 1.07. The van der Waals surface area contributed by atoms with Gasteiger partial charge >= 0.3 is 0 Å². The Morgan fingerprint density at radius 3 is 2.47 bits per heavy atom. The first-order valence-corrected chi connectivity index (χ1v) is 6.13. The summed E-state index contributed by atoms with van der Waals surface area (Å²) in [5.74, 6) is 0. The van der Waals surface area contributed by atoms with Crippen LogP contribution < -0.4 is 0 Å². The van der Waals surface area contributed by atoms with Gasteiger partial charge in [-0.1, -0.05) is 6.07 Å². The molecule has 0 unspecified atom stereocenters. The molecule has 0 radical (unpaired) electrons. The van der Waals surface area contributed by atoms with Gasteiger partial charge in [0.2, 0.25) is 0 Å². The molecule has 1 aliphatic rings. The van der Waals surface area contributed by atoms with Crippen LogP contribution in [0.3, 0.4) is 0 Å². The van der Waals surface area contributed by atoms with Crippen LogP contribution in [0.2, 0.25) is 0 Å². The molecule has 1 aliphatic carbocycles. The van der Waals surface area contributed by atoms with Crippen LogP contribution in [-0.2, 0) is 6.42 Å². The highest BCUT2D eigenvalue weighted by atomic mass is 14.7. The summed E-state index contributed by atoms with van der Waals surface area (Å²) in [4.78, 5) is 4.43. The average Bonchev–Trinajstić information content (AvgIpc) is 2.64. The predicted octanol–water partition coefficient (Wildman–Crippen LogP) is 3.89. The van der Waals surface area contributed by atoms with E-state index in [1.54, 1.807) is 0 Å². The number of aromatic nitrogens is 1. The van der Waals surface area contributed by atoms with Crippen molar-refractivity contribution < 1.29 is 0 Å². The molecule has 17 heavy (non-hydrogen) atoms. The summed E-state index contributed by atoms with van der Waals surface area (Å²) in [6.45, 7) is 8.72. The SMILES string of the molecule is Cc1cc2c(cn1)-c1cc(C)c(C)c(C)c1C2. The molecule has 2 aromatic rings. The lowest BCUT2D eigenvalue weighted by Gasteiger charge is -2.11. The Labute approximate surface area is 103 Å². The zero-order chi connectivity index (χ0) is 12.2. The lowest BCUT2D eigenvalue weighted by Crippen LogP contribution is -1.93. The van der Waals surface area contributed by atoms with Gasteiger partial charge in [0.1, 0.15) is 0 Å². The zero-order valence-corrected chi connectivity index (χ0v) is 10.9. The van der Waals surface area contributed by atoms with Crippen LogP contribution in [0.4, 0.5) is 0 Å². The standard InChI is InChI=1S/C16H17N/c1-9-5-15-14(12(4)11(9)3)7-13-6-10(2)17-8-16(13)15/h5-6,8H,7H2,1-4H3. The molecule has 0 spiro atoms. The fourth-order valence-corrected chi connectivity index (χ4v) is 2.80. The van der Waals surface area contributed by atoms with E-state index in [2.05, 4.69) is 44.8 Å². The summed E-state index contributed by atoms with van der Waals surface area (Å²) in [7, 11) is 0. The van der Waals surface area contributed by atoms with Gasteiger partial charge in [-0.2, -0.15) is 0 Å². The molecule has 0 saturated carbocycles. The van der Waals surface area contributed by atoms with E-state index in [9.17, 15) is 0 Å². The van der Waals surface area contributed by atoms with E-state index in [1.165, 1.54) is 38.9 Å². The van der Waals surface area contributed by atoms with E-state index >= 15 is 0 Å². The van der Waals surface area contributed by atoms with E-state index in [4.69, 9.17) is 0 Å². The van der Waals surface area contributed by atoms with Gasteiger partial charge in [-0.3, -0.25) is 4.98 Å². The van der Waals surface area contributed by atoms with Crippen molar-refractivity contribution >= 4 is 0 Å². The van der Waals surface area contributed by atoms with Crippen molar-refractivity contribution in [3.63, 3.8) is 0 Å². The molecule has 0 bridgehead atoms. The van der Waals surface area contributed by atoms with Crippen molar-refractivity contribution in [2.45, 2.75) is 34.1 Å². The molecule has 0 fully saturated rings. The third-order valence-corrected chi connectivity index (χ3v) is 4.08. The van der Waals surface area contributed by atoms with Gasteiger partial charge in [0.15, 0.2) is 0 Å². The van der Waals surface area contributed by atoms with E-state index in [0.717, 1.165) is 12.1 Å². The number of aryl methyl sites for hydroxylation is 2. The number of nitrogens with zero attached hydrogens (tertiary/aromatic N) is 1. The average molecular weight is 223 g/mol. The summed E-state index contributed by atoms with van der Waals surface area (Å²) >= 11 is 0. The van der Waals surface area contributed by atoms with Gasteiger partial charge in [0, 0.05) is 17.5 Å². The van der Waals surface area contributed by atoms with Crippen LogP contribution in [0, 0.1) is 27.7 Å². The Hall–Kier alpha value is -1.63. The highest BCUT2D eigenvalue weighted by molar-refractivity contribution is 5.78. The molecule has 0 saturated heterocycles. The minimum Gasteiger partial charge on any atom is -0.261 e. The fraction of sp³-hybridized carbons (Fsp3) is 0.312. The van der Waals surface area contributed by atoms with Crippen molar-refractivity contribution in [2.24, 2.45) is 0 Å². The Kier molecular flexibility index (Phi) is 2.12. The maximum Gasteiger partial charge on any atom is 0.0375 e. The Morgan fingerprint density at radius 2 is 1.71 bits per heavy atom. The fourth-order valence-electron chi connectivity index (χ4n) is 2.80. The molecule has 0 N–H and O–H groups in total. The van der Waals surface area contributed by atoms with Gasteiger partial charge in [0.05, 0.1) is 0 Å². The lowest BCUT2D eigenvalue weighted by atomic mass is 9.94. The highest BCUT2D eigenvalue weighted by Crippen LogP contribution is 2.39. The normalized spacial score (nSPS) is 12.5. The molecule has 1 aromatic carbocycles. The molecular weight excluding hydrogens is 206 g/mol. The number of benzene rings is 1. The van der Waals surface area contributed by atoms with Crippen LogP contribution in [-0.4, -0.2) is 4.98 Å². The summed E-state index contributed by atoms with van der Waals surface area (Å²) in [6.07, 6.45) is 3.10. The summed E-state index contributed by atoms with van der Waals surface area (Å²) < 4.78 is 0. The van der Waals surface area contributed by atoms with Crippen molar-refractivity contribution in [3.05, 3.63) is 51.8 Å². The van der Waals surface area contributed by atoms with Gasteiger partial charge in [-0.05, 0) is 73.6 Å². The third kappa shape index (κ3) is 1.42. The molecule has 86 valence electrons. The van der Waals surface area contributed by atoms with Gasteiger partial charge in [-0.25, -0.2) is 0 Å². The molecule has 1 aromatic heterocycles. The van der Waals surface area contributed by atoms with Crippen LogP contribution in [0.5, 0.6) is 0 Å². The number of pyridine rings is 1. The molecule has 0 amide bonds. The number of fused-ring (bicyclic) bond motifs is 3. The first-order chi connectivity index (χ1) is 8.08. The number of rotatable bonds is 0. The van der Waals surface area contributed by atoms with Crippen molar-refractivity contribution in [1.29, 1.82) is 0 Å². The van der Waals surface area contributed by atoms with E-state index in [0.29, 0.717) is 0 Å². The molecule has 0 aliphatic heterocycles. The topological polar surface area (TPSA) is 12.9 Å². The highest BCUT2D eigenvalue weighted by Gasteiger charge is 2.22. The number of hydrogen-bond donors (Lipinski definition) is 0. The van der Waals surface area contributed by atoms with Crippen LogP contribution in [0.25, 0.3) is 11.1 Å². The summed E-state index contributed by atoms with van der Waals surface area (Å²) in [6, 6.07) is 4.54. The second kappa shape index (κ2) is 3.43. The van der Waals surface area contributed by atoms with Gasteiger partial charge in [-0.15, -0.1) is 0 Å². The quantitative estimate of drug-likeness (QED) is 0.563. The lowest BCUT2D eigenvalue weighted by molar-refractivity contribution is 1.14. The molecule has 0 atom stereocenters. The second-order valence-corrected chi connectivity index (χ2v) is 5.13. The summed E-state index contributed by atoms with van der Waals surface area (Å²) in [5.41, 5.74) is 11.0.